The fourth-order valence-corrected chi connectivity index (χ4v) is 5.20. The van der Waals surface area contributed by atoms with Gasteiger partial charge in [-0.2, -0.15) is 0 Å². The van der Waals surface area contributed by atoms with E-state index in [0.717, 1.165) is 27.8 Å². The Morgan fingerprint density at radius 2 is 1.68 bits per heavy atom. The summed E-state index contributed by atoms with van der Waals surface area (Å²) < 4.78 is 18.0. The van der Waals surface area contributed by atoms with Crippen LogP contribution in [-0.4, -0.2) is 47.2 Å². The SMILES string of the molecule is Cc1ccc2c(c1OCc1ccccc1)CC(C(=O)O)N(C(=O)C(OC1CCOCC1)c1ccccc1)C2. The van der Waals surface area contributed by atoms with Crippen molar-refractivity contribution in [2.24, 2.45) is 0 Å². The van der Waals surface area contributed by atoms with Crippen molar-refractivity contribution in [3.63, 3.8) is 0 Å². The van der Waals surface area contributed by atoms with Crippen LogP contribution in [0.1, 0.15) is 46.8 Å². The quantitative estimate of drug-likeness (QED) is 0.462. The molecule has 3 aromatic rings. The van der Waals surface area contributed by atoms with Gasteiger partial charge in [0.25, 0.3) is 5.91 Å². The summed E-state index contributed by atoms with van der Waals surface area (Å²) in [6, 6.07) is 22.1. The summed E-state index contributed by atoms with van der Waals surface area (Å²) in [5.41, 5.74) is 4.42. The first kappa shape index (κ1) is 25.9. The topological polar surface area (TPSA) is 85.3 Å². The van der Waals surface area contributed by atoms with E-state index < -0.39 is 18.1 Å². The van der Waals surface area contributed by atoms with Crippen LogP contribution in [-0.2, 0) is 38.6 Å². The largest absolute Gasteiger partial charge is 0.488 e. The van der Waals surface area contributed by atoms with Crippen LogP contribution in [0.4, 0.5) is 0 Å². The normalized spacial score (nSPS) is 18.4. The van der Waals surface area contributed by atoms with Gasteiger partial charge >= 0.3 is 5.97 Å². The molecule has 2 heterocycles. The molecule has 7 heteroatoms. The maximum Gasteiger partial charge on any atom is 0.326 e. The summed E-state index contributed by atoms with van der Waals surface area (Å²) in [7, 11) is 0. The number of carboxylic acids is 1. The van der Waals surface area contributed by atoms with Gasteiger partial charge in [-0.15, -0.1) is 0 Å². The summed E-state index contributed by atoms with van der Waals surface area (Å²) in [6.07, 6.45) is 0.550. The van der Waals surface area contributed by atoms with Gasteiger partial charge in [0.15, 0.2) is 6.10 Å². The molecule has 7 nitrogen and oxygen atoms in total. The predicted molar refractivity (Wildman–Crippen MR) is 142 cm³/mol. The second kappa shape index (κ2) is 11.8. The summed E-state index contributed by atoms with van der Waals surface area (Å²) >= 11 is 0. The van der Waals surface area contributed by atoms with Crippen molar-refractivity contribution in [3.8, 4) is 5.75 Å². The average molecular weight is 516 g/mol. The Morgan fingerprint density at radius 1 is 1.00 bits per heavy atom. The number of rotatable bonds is 8. The number of hydrogen-bond acceptors (Lipinski definition) is 5. The fraction of sp³-hybridized carbons (Fsp3) is 0.355. The van der Waals surface area contributed by atoms with Gasteiger partial charge in [-0.3, -0.25) is 4.79 Å². The number of nitrogens with zero attached hydrogens (tertiary/aromatic N) is 1. The molecule has 0 saturated carbocycles. The molecule has 0 aliphatic carbocycles. The predicted octanol–water partition coefficient (Wildman–Crippen LogP) is 4.85. The second-order valence-corrected chi connectivity index (χ2v) is 9.89. The molecule has 2 aliphatic rings. The highest BCUT2D eigenvalue weighted by molar-refractivity contribution is 5.88. The van der Waals surface area contributed by atoms with Crippen LogP contribution >= 0.6 is 0 Å². The molecule has 0 spiro atoms. The van der Waals surface area contributed by atoms with Crippen molar-refractivity contribution in [2.45, 2.75) is 57.6 Å². The second-order valence-electron chi connectivity index (χ2n) is 9.89. The van der Waals surface area contributed by atoms with Crippen molar-refractivity contribution >= 4 is 11.9 Å². The maximum atomic E-state index is 14.0. The van der Waals surface area contributed by atoms with E-state index in [0.29, 0.717) is 38.4 Å². The minimum Gasteiger partial charge on any atom is -0.488 e. The number of aliphatic carboxylic acids is 1. The molecule has 1 fully saturated rings. The van der Waals surface area contributed by atoms with Gasteiger partial charge in [-0.1, -0.05) is 72.8 Å². The monoisotopic (exact) mass is 515 g/mol. The highest BCUT2D eigenvalue weighted by Crippen LogP contribution is 2.36. The molecule has 3 aromatic carbocycles. The number of carboxylic acid groups (broad SMARTS) is 1. The van der Waals surface area contributed by atoms with E-state index in [-0.39, 0.29) is 25.0 Å². The maximum absolute atomic E-state index is 14.0. The Labute approximate surface area is 222 Å². The van der Waals surface area contributed by atoms with Crippen LogP contribution in [0.2, 0.25) is 0 Å². The fourth-order valence-electron chi connectivity index (χ4n) is 5.20. The van der Waals surface area contributed by atoms with Crippen molar-refractivity contribution in [1.29, 1.82) is 0 Å². The van der Waals surface area contributed by atoms with Crippen LogP contribution in [0.15, 0.2) is 72.8 Å². The standard InChI is InChI=1S/C31H33NO6/c1-21-12-13-24-19-32(27(31(34)35)18-26(24)28(21)37-20-22-8-4-2-5-9-22)30(33)29(23-10-6-3-7-11-23)38-25-14-16-36-17-15-25/h2-13,25,27,29H,14-20H2,1H3,(H,34,35). The van der Waals surface area contributed by atoms with Crippen LogP contribution in [0.25, 0.3) is 0 Å². The first-order valence-electron chi connectivity index (χ1n) is 13.1. The smallest absolute Gasteiger partial charge is 0.326 e. The van der Waals surface area contributed by atoms with Gasteiger partial charge in [-0.05, 0) is 42.0 Å². The Hall–Kier alpha value is -3.68. The zero-order valence-corrected chi connectivity index (χ0v) is 21.5. The van der Waals surface area contributed by atoms with Crippen molar-refractivity contribution in [1.82, 2.24) is 4.90 Å². The molecule has 1 amide bonds. The number of ether oxygens (including phenoxy) is 3. The Morgan fingerprint density at radius 3 is 2.37 bits per heavy atom. The Balaban J connectivity index is 1.44. The van der Waals surface area contributed by atoms with Crippen molar-refractivity contribution in [3.05, 3.63) is 101 Å². The lowest BCUT2D eigenvalue weighted by Gasteiger charge is -2.38. The molecule has 2 atom stereocenters. The van der Waals surface area contributed by atoms with E-state index in [1.807, 2.05) is 79.7 Å². The van der Waals surface area contributed by atoms with E-state index in [4.69, 9.17) is 14.2 Å². The Bertz CT molecular complexity index is 1260. The van der Waals surface area contributed by atoms with E-state index in [2.05, 4.69) is 0 Å². The lowest BCUT2D eigenvalue weighted by molar-refractivity contribution is -0.162. The van der Waals surface area contributed by atoms with E-state index in [1.54, 1.807) is 0 Å². The molecule has 38 heavy (non-hydrogen) atoms. The molecule has 2 aliphatic heterocycles. The van der Waals surface area contributed by atoms with Gasteiger partial charge in [0.05, 0.1) is 6.10 Å². The number of hydrogen-bond donors (Lipinski definition) is 1. The third-order valence-corrected chi connectivity index (χ3v) is 7.29. The third-order valence-electron chi connectivity index (χ3n) is 7.29. The summed E-state index contributed by atoms with van der Waals surface area (Å²) in [5, 5.41) is 10.2. The van der Waals surface area contributed by atoms with Crippen LogP contribution in [0, 0.1) is 6.92 Å². The van der Waals surface area contributed by atoms with E-state index in [9.17, 15) is 14.7 Å². The number of fused-ring (bicyclic) bond motifs is 1. The Kier molecular flexibility index (Phi) is 8.05. The van der Waals surface area contributed by atoms with Gasteiger partial charge in [0, 0.05) is 31.7 Å². The van der Waals surface area contributed by atoms with Gasteiger partial charge < -0.3 is 24.2 Å². The zero-order chi connectivity index (χ0) is 26.5. The number of benzene rings is 3. The molecular formula is C31H33NO6. The lowest BCUT2D eigenvalue weighted by Crippen LogP contribution is -2.51. The highest BCUT2D eigenvalue weighted by Gasteiger charge is 2.40. The number of amides is 1. The van der Waals surface area contributed by atoms with Crippen molar-refractivity contribution < 1.29 is 28.9 Å². The van der Waals surface area contributed by atoms with Crippen LogP contribution in [0.3, 0.4) is 0 Å². The van der Waals surface area contributed by atoms with E-state index in [1.165, 1.54) is 4.90 Å². The molecule has 5 rings (SSSR count). The van der Waals surface area contributed by atoms with Crippen molar-refractivity contribution in [2.75, 3.05) is 13.2 Å². The first-order chi connectivity index (χ1) is 18.5. The molecule has 1 saturated heterocycles. The minimum absolute atomic E-state index is 0.126. The number of aryl methyl sites for hydroxylation is 1. The highest BCUT2D eigenvalue weighted by atomic mass is 16.5. The molecule has 2 unspecified atom stereocenters. The molecule has 0 aromatic heterocycles. The molecular weight excluding hydrogens is 482 g/mol. The molecule has 0 bridgehead atoms. The number of carbonyl (C=O) groups excluding carboxylic acids is 1. The summed E-state index contributed by atoms with van der Waals surface area (Å²) in [5.74, 6) is -0.687. The third kappa shape index (κ3) is 5.74. The lowest BCUT2D eigenvalue weighted by atomic mass is 9.90. The first-order valence-corrected chi connectivity index (χ1v) is 13.1. The zero-order valence-electron chi connectivity index (χ0n) is 21.5. The molecule has 0 radical (unpaired) electrons. The van der Waals surface area contributed by atoms with E-state index >= 15 is 0 Å². The summed E-state index contributed by atoms with van der Waals surface area (Å²) in [6.45, 7) is 3.68. The molecule has 1 N–H and O–H groups in total. The van der Waals surface area contributed by atoms with Gasteiger partial charge in [-0.25, -0.2) is 4.79 Å². The van der Waals surface area contributed by atoms with Crippen LogP contribution in [0.5, 0.6) is 5.75 Å². The molecule has 198 valence electrons. The minimum atomic E-state index is -1.04. The van der Waals surface area contributed by atoms with Crippen LogP contribution < -0.4 is 4.74 Å². The number of carbonyl (C=O) groups is 2. The van der Waals surface area contributed by atoms with Gasteiger partial charge in [0.2, 0.25) is 0 Å². The summed E-state index contributed by atoms with van der Waals surface area (Å²) in [4.78, 5) is 28.0. The van der Waals surface area contributed by atoms with Gasteiger partial charge in [0.1, 0.15) is 18.4 Å². The average Bonchev–Trinajstić information content (AvgIpc) is 2.96.